The molecule has 21 heavy (non-hydrogen) atoms. The molecule has 120 valence electrons. The first kappa shape index (κ1) is 18.0. The molecule has 0 aliphatic heterocycles. The van der Waals surface area contributed by atoms with Gasteiger partial charge in [-0.15, -0.1) is 0 Å². The monoisotopic (exact) mass is 292 g/mol. The molecule has 1 rings (SSSR count). The van der Waals surface area contributed by atoms with Gasteiger partial charge in [-0.05, 0) is 52.1 Å². The van der Waals surface area contributed by atoms with Crippen LogP contribution in [0.1, 0.15) is 45.6 Å². The van der Waals surface area contributed by atoms with Gasteiger partial charge in [0.1, 0.15) is 5.75 Å². The third-order valence-corrected chi connectivity index (χ3v) is 4.04. The topological polar surface area (TPSA) is 24.5 Å². The van der Waals surface area contributed by atoms with Crippen LogP contribution < -0.4 is 10.1 Å². The zero-order valence-corrected chi connectivity index (χ0v) is 14.4. The molecule has 0 fully saturated rings. The molecule has 1 aromatic rings. The fourth-order valence-electron chi connectivity index (χ4n) is 1.92. The van der Waals surface area contributed by atoms with E-state index < -0.39 is 0 Å². The number of nitrogens with zero attached hydrogens (tertiary/aromatic N) is 1. The van der Waals surface area contributed by atoms with Crippen molar-refractivity contribution in [3.63, 3.8) is 0 Å². The molecular formula is C18H32N2O. The molecule has 0 aromatic heterocycles. The minimum absolute atomic E-state index is 0.169. The number of likely N-dealkylation sites (N-methyl/N-ethyl adjacent to an activating group) is 1. The minimum Gasteiger partial charge on any atom is -0.494 e. The zero-order valence-electron chi connectivity index (χ0n) is 14.4. The second kappa shape index (κ2) is 9.06. The highest BCUT2D eigenvalue weighted by molar-refractivity contribution is 5.27. The lowest BCUT2D eigenvalue weighted by molar-refractivity contribution is 0.190. The fraction of sp³-hybridized carbons (Fsp3) is 0.667. The first-order chi connectivity index (χ1) is 9.95. The van der Waals surface area contributed by atoms with Gasteiger partial charge in [0, 0.05) is 18.6 Å². The Bertz CT molecular complexity index is 385. The van der Waals surface area contributed by atoms with Gasteiger partial charge in [-0.2, -0.15) is 0 Å². The van der Waals surface area contributed by atoms with E-state index in [2.05, 4.69) is 69.3 Å². The number of hydrogen-bond donors (Lipinski definition) is 1. The summed E-state index contributed by atoms with van der Waals surface area (Å²) in [6.45, 7) is 9.38. The Labute approximate surface area is 130 Å². The van der Waals surface area contributed by atoms with E-state index in [-0.39, 0.29) is 5.54 Å². The van der Waals surface area contributed by atoms with Crippen molar-refractivity contribution in [1.29, 1.82) is 0 Å². The van der Waals surface area contributed by atoms with Crippen LogP contribution in [-0.4, -0.2) is 37.7 Å². The SMILES string of the molecule is CCCCCOc1ccc(CNCC(C)(C)N(C)C)cc1. The van der Waals surface area contributed by atoms with E-state index in [4.69, 9.17) is 4.74 Å². The molecule has 0 bridgehead atoms. The van der Waals surface area contributed by atoms with Crippen molar-refractivity contribution in [3.8, 4) is 5.75 Å². The van der Waals surface area contributed by atoms with Gasteiger partial charge in [0.15, 0.2) is 0 Å². The quantitative estimate of drug-likeness (QED) is 0.666. The summed E-state index contributed by atoms with van der Waals surface area (Å²) < 4.78 is 5.73. The number of rotatable bonds is 10. The Morgan fingerprint density at radius 3 is 2.33 bits per heavy atom. The lowest BCUT2D eigenvalue weighted by Crippen LogP contribution is -2.46. The molecule has 0 radical (unpaired) electrons. The molecule has 0 aliphatic rings. The summed E-state index contributed by atoms with van der Waals surface area (Å²) in [5.41, 5.74) is 1.47. The largest absolute Gasteiger partial charge is 0.494 e. The highest BCUT2D eigenvalue weighted by Crippen LogP contribution is 2.13. The van der Waals surface area contributed by atoms with Crippen molar-refractivity contribution < 1.29 is 4.74 Å². The summed E-state index contributed by atoms with van der Waals surface area (Å²) >= 11 is 0. The number of nitrogens with one attached hydrogen (secondary N) is 1. The van der Waals surface area contributed by atoms with E-state index in [1.165, 1.54) is 18.4 Å². The molecule has 0 saturated heterocycles. The maximum absolute atomic E-state index is 5.73. The van der Waals surface area contributed by atoms with Crippen molar-refractivity contribution in [1.82, 2.24) is 10.2 Å². The van der Waals surface area contributed by atoms with Gasteiger partial charge >= 0.3 is 0 Å². The standard InChI is InChI=1S/C18H32N2O/c1-6-7-8-13-21-17-11-9-16(10-12-17)14-19-15-18(2,3)20(4)5/h9-12,19H,6-8,13-15H2,1-5H3. The van der Waals surface area contributed by atoms with E-state index >= 15 is 0 Å². The van der Waals surface area contributed by atoms with Gasteiger partial charge < -0.3 is 15.0 Å². The number of benzene rings is 1. The van der Waals surface area contributed by atoms with Crippen molar-refractivity contribution in [2.24, 2.45) is 0 Å². The van der Waals surface area contributed by atoms with Crippen LogP contribution in [0.5, 0.6) is 5.75 Å². The number of ether oxygens (including phenoxy) is 1. The summed E-state index contributed by atoms with van der Waals surface area (Å²) in [6, 6.07) is 8.43. The Morgan fingerprint density at radius 1 is 1.10 bits per heavy atom. The predicted octanol–water partition coefficient (Wildman–Crippen LogP) is 3.69. The number of unbranched alkanes of at least 4 members (excludes halogenated alkanes) is 2. The van der Waals surface area contributed by atoms with E-state index in [0.717, 1.165) is 31.9 Å². The number of hydrogen-bond acceptors (Lipinski definition) is 3. The van der Waals surface area contributed by atoms with Gasteiger partial charge in [0.05, 0.1) is 6.61 Å². The Balaban J connectivity index is 2.31. The van der Waals surface area contributed by atoms with E-state index in [0.29, 0.717) is 0 Å². The van der Waals surface area contributed by atoms with Crippen molar-refractivity contribution in [2.45, 2.75) is 52.1 Å². The Kier molecular flexibility index (Phi) is 7.76. The summed E-state index contributed by atoms with van der Waals surface area (Å²) in [5.74, 6) is 0.975. The van der Waals surface area contributed by atoms with Crippen molar-refractivity contribution >= 4 is 0 Å². The Morgan fingerprint density at radius 2 is 1.76 bits per heavy atom. The zero-order chi connectivity index (χ0) is 15.7. The lowest BCUT2D eigenvalue weighted by atomic mass is 10.0. The third kappa shape index (κ3) is 6.96. The highest BCUT2D eigenvalue weighted by atomic mass is 16.5. The van der Waals surface area contributed by atoms with E-state index in [1.54, 1.807) is 0 Å². The van der Waals surface area contributed by atoms with Crippen molar-refractivity contribution in [3.05, 3.63) is 29.8 Å². The molecule has 0 saturated carbocycles. The lowest BCUT2D eigenvalue weighted by Gasteiger charge is -2.32. The molecule has 3 heteroatoms. The Hall–Kier alpha value is -1.06. The minimum atomic E-state index is 0.169. The average Bonchev–Trinajstić information content (AvgIpc) is 2.45. The summed E-state index contributed by atoms with van der Waals surface area (Å²) in [5, 5.41) is 3.52. The summed E-state index contributed by atoms with van der Waals surface area (Å²) in [4.78, 5) is 2.24. The maximum Gasteiger partial charge on any atom is 0.119 e. The molecule has 1 aromatic carbocycles. The van der Waals surface area contributed by atoms with Gasteiger partial charge in [0.25, 0.3) is 0 Å². The molecule has 0 heterocycles. The van der Waals surface area contributed by atoms with Crippen molar-refractivity contribution in [2.75, 3.05) is 27.2 Å². The maximum atomic E-state index is 5.73. The highest BCUT2D eigenvalue weighted by Gasteiger charge is 2.19. The van der Waals surface area contributed by atoms with Crippen LogP contribution in [0.25, 0.3) is 0 Å². The smallest absolute Gasteiger partial charge is 0.119 e. The van der Waals surface area contributed by atoms with Crippen LogP contribution in [-0.2, 0) is 6.54 Å². The molecular weight excluding hydrogens is 260 g/mol. The second-order valence-electron chi connectivity index (χ2n) is 6.51. The first-order valence-electron chi connectivity index (χ1n) is 8.05. The molecule has 0 spiro atoms. The second-order valence-corrected chi connectivity index (χ2v) is 6.51. The molecule has 1 N–H and O–H groups in total. The van der Waals surface area contributed by atoms with Crippen LogP contribution in [0.3, 0.4) is 0 Å². The normalized spacial score (nSPS) is 11.9. The van der Waals surface area contributed by atoms with Crippen LogP contribution in [0.2, 0.25) is 0 Å². The first-order valence-corrected chi connectivity index (χ1v) is 8.05. The molecule has 0 aliphatic carbocycles. The van der Waals surface area contributed by atoms with Gasteiger partial charge in [-0.1, -0.05) is 31.9 Å². The summed E-state index contributed by atoms with van der Waals surface area (Å²) in [7, 11) is 4.23. The van der Waals surface area contributed by atoms with Crippen LogP contribution in [0.15, 0.2) is 24.3 Å². The summed E-state index contributed by atoms with van der Waals surface area (Å²) in [6.07, 6.45) is 3.61. The van der Waals surface area contributed by atoms with E-state index in [1.807, 2.05) is 0 Å². The molecule has 0 amide bonds. The predicted molar refractivity (Wildman–Crippen MR) is 90.9 cm³/mol. The van der Waals surface area contributed by atoms with Gasteiger partial charge in [0.2, 0.25) is 0 Å². The third-order valence-electron chi connectivity index (χ3n) is 4.04. The van der Waals surface area contributed by atoms with Crippen LogP contribution >= 0.6 is 0 Å². The van der Waals surface area contributed by atoms with Gasteiger partial charge in [-0.25, -0.2) is 0 Å². The fourth-order valence-corrected chi connectivity index (χ4v) is 1.92. The molecule has 3 nitrogen and oxygen atoms in total. The van der Waals surface area contributed by atoms with Crippen LogP contribution in [0, 0.1) is 0 Å². The van der Waals surface area contributed by atoms with Gasteiger partial charge in [-0.3, -0.25) is 0 Å². The molecule has 0 atom stereocenters. The van der Waals surface area contributed by atoms with E-state index in [9.17, 15) is 0 Å². The average molecular weight is 292 g/mol. The molecule has 0 unspecified atom stereocenters. The van der Waals surface area contributed by atoms with Crippen LogP contribution in [0.4, 0.5) is 0 Å².